The lowest BCUT2D eigenvalue weighted by molar-refractivity contribution is -0.119. The van der Waals surface area contributed by atoms with Crippen LogP contribution in [0.3, 0.4) is 0 Å². The Morgan fingerprint density at radius 3 is 2.79 bits per heavy atom. The molecule has 1 fully saturated rings. The molecule has 1 aliphatic carbocycles. The molecule has 2 aromatic rings. The summed E-state index contributed by atoms with van der Waals surface area (Å²) in [5.74, 6) is 8.70. The van der Waals surface area contributed by atoms with E-state index in [0.717, 1.165) is 16.9 Å². The predicted octanol–water partition coefficient (Wildman–Crippen LogP) is 3.01. The summed E-state index contributed by atoms with van der Waals surface area (Å²) in [6.45, 7) is 8.57. The smallest absolute Gasteiger partial charge is 0.230 e. The fraction of sp³-hybridized carbons (Fsp3) is 0.550. The maximum Gasteiger partial charge on any atom is 0.230 e. The van der Waals surface area contributed by atoms with Gasteiger partial charge in [-0.1, -0.05) is 37.7 Å². The van der Waals surface area contributed by atoms with Gasteiger partial charge in [-0.15, -0.1) is 10.2 Å². The highest BCUT2D eigenvalue weighted by Gasteiger charge is 2.28. The Labute approximate surface area is 170 Å². The van der Waals surface area contributed by atoms with Crippen LogP contribution in [0.5, 0.6) is 5.75 Å². The second kappa shape index (κ2) is 8.86. The summed E-state index contributed by atoms with van der Waals surface area (Å²) in [6, 6.07) is 6.42. The number of nitrogens with one attached hydrogen (secondary N) is 1. The van der Waals surface area contributed by atoms with Gasteiger partial charge < -0.3 is 15.9 Å². The molecular formula is C20H29N5O2S. The van der Waals surface area contributed by atoms with Crippen LogP contribution in [0.2, 0.25) is 0 Å². The summed E-state index contributed by atoms with van der Waals surface area (Å²) in [6.07, 6.45) is 2.41. The third kappa shape index (κ3) is 5.19. The van der Waals surface area contributed by atoms with Crippen molar-refractivity contribution in [2.75, 3.05) is 11.6 Å². The molecule has 152 valence electrons. The lowest BCUT2D eigenvalue weighted by atomic mass is 10.0. The molecule has 1 unspecified atom stereocenters. The van der Waals surface area contributed by atoms with E-state index in [9.17, 15) is 4.79 Å². The lowest BCUT2D eigenvalue weighted by Crippen LogP contribution is -2.35. The van der Waals surface area contributed by atoms with Gasteiger partial charge in [0.25, 0.3) is 0 Å². The number of rotatable bonds is 9. The van der Waals surface area contributed by atoms with Crippen molar-refractivity contribution in [1.29, 1.82) is 0 Å². The van der Waals surface area contributed by atoms with E-state index in [1.165, 1.54) is 29.3 Å². The van der Waals surface area contributed by atoms with Gasteiger partial charge in [0.2, 0.25) is 11.1 Å². The minimum absolute atomic E-state index is 0.00784. The molecule has 1 heterocycles. The van der Waals surface area contributed by atoms with Crippen LogP contribution in [0.25, 0.3) is 0 Å². The molecule has 0 spiro atoms. The fourth-order valence-corrected chi connectivity index (χ4v) is 3.72. The largest absolute Gasteiger partial charge is 0.485 e. The molecule has 1 aromatic carbocycles. The molecular weight excluding hydrogens is 374 g/mol. The number of thioether (sulfide) groups is 1. The van der Waals surface area contributed by atoms with Gasteiger partial charge in [0.15, 0.2) is 5.82 Å². The van der Waals surface area contributed by atoms with E-state index >= 15 is 0 Å². The van der Waals surface area contributed by atoms with Crippen LogP contribution in [-0.2, 0) is 11.4 Å². The number of carbonyl (C=O) groups excluding carboxylic acids is 1. The van der Waals surface area contributed by atoms with Gasteiger partial charge in [0.1, 0.15) is 12.4 Å². The Kier molecular flexibility index (Phi) is 6.49. The molecule has 1 saturated carbocycles. The minimum atomic E-state index is -0.00784. The number of nitrogens with two attached hydrogens (primary N) is 1. The van der Waals surface area contributed by atoms with Gasteiger partial charge in [-0.25, -0.2) is 4.68 Å². The highest BCUT2D eigenvalue weighted by atomic mass is 32.2. The molecule has 1 aliphatic rings. The van der Waals surface area contributed by atoms with Gasteiger partial charge in [0, 0.05) is 6.04 Å². The number of carbonyl (C=O) groups is 1. The third-order valence-corrected chi connectivity index (χ3v) is 5.88. The number of ether oxygens (including phenoxy) is 1. The summed E-state index contributed by atoms with van der Waals surface area (Å²) in [7, 11) is 0. The van der Waals surface area contributed by atoms with Gasteiger partial charge >= 0.3 is 0 Å². The van der Waals surface area contributed by atoms with E-state index in [1.807, 2.05) is 13.0 Å². The molecule has 8 heteroatoms. The van der Waals surface area contributed by atoms with Crippen molar-refractivity contribution >= 4 is 17.7 Å². The molecule has 0 radical (unpaired) electrons. The topological polar surface area (TPSA) is 95.1 Å². The molecule has 3 N–H and O–H groups in total. The van der Waals surface area contributed by atoms with Crippen LogP contribution in [0.1, 0.15) is 56.5 Å². The van der Waals surface area contributed by atoms with Crippen molar-refractivity contribution in [3.63, 3.8) is 0 Å². The van der Waals surface area contributed by atoms with E-state index in [2.05, 4.69) is 48.4 Å². The SMILES string of the molecule is Cc1ccc(C(C)C)c(OCc2nnc(SCC(=O)NC(C)C3CC3)n2N)c1. The zero-order chi connectivity index (χ0) is 20.3. The van der Waals surface area contributed by atoms with Crippen LogP contribution in [0, 0.1) is 12.8 Å². The number of hydrogen-bond acceptors (Lipinski definition) is 6. The summed E-state index contributed by atoms with van der Waals surface area (Å²) >= 11 is 1.28. The number of amides is 1. The van der Waals surface area contributed by atoms with Crippen molar-refractivity contribution in [2.45, 2.75) is 64.3 Å². The van der Waals surface area contributed by atoms with Crippen molar-refractivity contribution in [3.05, 3.63) is 35.2 Å². The zero-order valence-corrected chi connectivity index (χ0v) is 17.8. The van der Waals surface area contributed by atoms with E-state index < -0.39 is 0 Å². The zero-order valence-electron chi connectivity index (χ0n) is 16.9. The Morgan fingerprint density at radius 2 is 2.11 bits per heavy atom. The third-order valence-electron chi connectivity index (χ3n) is 4.93. The first kappa shape index (κ1) is 20.5. The van der Waals surface area contributed by atoms with Crippen LogP contribution in [0.15, 0.2) is 23.4 Å². The highest BCUT2D eigenvalue weighted by molar-refractivity contribution is 7.99. The molecule has 1 aromatic heterocycles. The molecule has 3 rings (SSSR count). The van der Waals surface area contributed by atoms with Gasteiger partial charge in [0.05, 0.1) is 5.75 Å². The second-order valence-electron chi connectivity index (χ2n) is 7.74. The van der Waals surface area contributed by atoms with Crippen LogP contribution in [0.4, 0.5) is 0 Å². The molecule has 28 heavy (non-hydrogen) atoms. The van der Waals surface area contributed by atoms with Crippen LogP contribution in [-0.4, -0.2) is 32.6 Å². The molecule has 0 saturated heterocycles. The first-order valence-corrected chi connectivity index (χ1v) is 10.7. The molecule has 0 aliphatic heterocycles. The average molecular weight is 404 g/mol. The molecule has 1 amide bonds. The first-order valence-electron chi connectivity index (χ1n) is 9.70. The van der Waals surface area contributed by atoms with E-state index in [-0.39, 0.29) is 24.3 Å². The average Bonchev–Trinajstić information content (AvgIpc) is 3.43. The Balaban J connectivity index is 1.56. The maximum absolute atomic E-state index is 12.1. The normalized spacial score (nSPS) is 14.9. The quantitative estimate of drug-likeness (QED) is 0.494. The second-order valence-corrected chi connectivity index (χ2v) is 8.68. The highest BCUT2D eigenvalue weighted by Crippen LogP contribution is 2.32. The monoisotopic (exact) mass is 403 g/mol. The van der Waals surface area contributed by atoms with Crippen molar-refractivity contribution in [1.82, 2.24) is 20.2 Å². The Bertz CT molecular complexity index is 832. The van der Waals surface area contributed by atoms with Gasteiger partial charge in [-0.05, 0) is 55.7 Å². The van der Waals surface area contributed by atoms with Gasteiger partial charge in [-0.2, -0.15) is 0 Å². The van der Waals surface area contributed by atoms with Crippen molar-refractivity contribution in [3.8, 4) is 5.75 Å². The minimum Gasteiger partial charge on any atom is -0.485 e. The standard InChI is InChI=1S/C20H29N5O2S/c1-12(2)16-8-5-13(3)9-17(16)27-10-18-23-24-20(25(18)21)28-11-19(26)22-14(4)15-6-7-15/h5,8-9,12,14-15H,6-7,10-11,21H2,1-4H3,(H,22,26). The van der Waals surface area contributed by atoms with E-state index in [4.69, 9.17) is 10.6 Å². The van der Waals surface area contributed by atoms with Crippen molar-refractivity contribution in [2.24, 2.45) is 5.92 Å². The Morgan fingerprint density at radius 1 is 1.36 bits per heavy atom. The molecule has 0 bridgehead atoms. The summed E-state index contributed by atoms with van der Waals surface area (Å²) in [5.41, 5.74) is 2.28. The number of hydrogen-bond donors (Lipinski definition) is 2. The predicted molar refractivity (Wildman–Crippen MR) is 111 cm³/mol. The molecule has 1 atom stereocenters. The summed E-state index contributed by atoms with van der Waals surface area (Å²) < 4.78 is 7.38. The number of aryl methyl sites for hydroxylation is 1. The van der Waals surface area contributed by atoms with E-state index in [1.54, 1.807) is 0 Å². The fourth-order valence-electron chi connectivity index (χ4n) is 3.03. The van der Waals surface area contributed by atoms with E-state index in [0.29, 0.717) is 22.8 Å². The first-order chi connectivity index (χ1) is 13.3. The summed E-state index contributed by atoms with van der Waals surface area (Å²) in [5, 5.41) is 11.7. The van der Waals surface area contributed by atoms with Crippen LogP contribution < -0.4 is 15.9 Å². The number of aromatic nitrogens is 3. The maximum atomic E-state index is 12.1. The number of benzene rings is 1. The number of nitrogen functional groups attached to an aromatic ring is 1. The van der Waals surface area contributed by atoms with Gasteiger partial charge in [-0.3, -0.25) is 4.79 Å². The Hall–Kier alpha value is -2.22. The molecule has 7 nitrogen and oxygen atoms in total. The lowest BCUT2D eigenvalue weighted by Gasteiger charge is -2.14. The summed E-state index contributed by atoms with van der Waals surface area (Å²) in [4.78, 5) is 12.1. The number of nitrogens with zero attached hydrogens (tertiary/aromatic N) is 3. The van der Waals surface area contributed by atoms with Crippen molar-refractivity contribution < 1.29 is 9.53 Å². The van der Waals surface area contributed by atoms with Crippen LogP contribution >= 0.6 is 11.8 Å².